The Morgan fingerprint density at radius 1 is 1.45 bits per heavy atom. The van der Waals surface area contributed by atoms with Gasteiger partial charge in [-0.15, -0.1) is 0 Å². The number of halogens is 2. The molecule has 20 heavy (non-hydrogen) atoms. The van der Waals surface area contributed by atoms with Crippen molar-refractivity contribution in [1.82, 2.24) is 5.16 Å². The average molecular weight is 297 g/mol. The number of hydrogen-bond acceptors (Lipinski definition) is 3. The molecule has 0 spiro atoms. The van der Waals surface area contributed by atoms with Gasteiger partial charge in [0, 0.05) is 18.2 Å². The Morgan fingerprint density at radius 2 is 2.20 bits per heavy atom. The fourth-order valence-corrected chi connectivity index (χ4v) is 1.87. The summed E-state index contributed by atoms with van der Waals surface area (Å²) in [6.07, 6.45) is 0.711. The van der Waals surface area contributed by atoms with E-state index in [1.165, 1.54) is 18.2 Å². The predicted molar refractivity (Wildman–Crippen MR) is 74.4 cm³/mol. The summed E-state index contributed by atoms with van der Waals surface area (Å²) in [5.41, 5.74) is 0.580. The molecule has 0 atom stereocenters. The second kappa shape index (κ2) is 6.05. The number of nitrogens with one attached hydrogen (secondary N) is 1. The molecule has 2 aromatic rings. The summed E-state index contributed by atoms with van der Waals surface area (Å²) in [4.78, 5) is 11.9. The number of nitrogens with zero attached hydrogens (tertiary/aromatic N) is 1. The van der Waals surface area contributed by atoms with Gasteiger partial charge in [0.1, 0.15) is 11.6 Å². The van der Waals surface area contributed by atoms with Crippen LogP contribution in [0.5, 0.6) is 0 Å². The molecule has 0 saturated heterocycles. The van der Waals surface area contributed by atoms with E-state index in [2.05, 4.69) is 10.5 Å². The molecule has 1 N–H and O–H groups in total. The molecule has 0 aliphatic heterocycles. The van der Waals surface area contributed by atoms with E-state index < -0.39 is 11.7 Å². The minimum atomic E-state index is -0.537. The predicted octanol–water partition coefficient (Wildman–Crippen LogP) is 3.92. The quantitative estimate of drug-likeness (QED) is 0.930. The molecule has 4 nitrogen and oxygen atoms in total. The first-order valence-corrected chi connectivity index (χ1v) is 6.55. The number of hydrogen-bond donors (Lipinski definition) is 1. The van der Waals surface area contributed by atoms with Crippen molar-refractivity contribution in [1.29, 1.82) is 0 Å². The molecule has 0 unspecified atom stereocenters. The molecule has 1 aromatic carbocycles. The zero-order valence-electron chi connectivity index (χ0n) is 11.1. The lowest BCUT2D eigenvalue weighted by molar-refractivity contribution is 0.101. The lowest BCUT2D eigenvalue weighted by Crippen LogP contribution is -2.12. The number of benzene rings is 1. The van der Waals surface area contributed by atoms with Crippen molar-refractivity contribution in [2.24, 2.45) is 5.92 Å². The van der Waals surface area contributed by atoms with Gasteiger partial charge in [0.15, 0.2) is 5.69 Å². The first kappa shape index (κ1) is 14.5. The van der Waals surface area contributed by atoms with E-state index in [0.717, 1.165) is 0 Å². The van der Waals surface area contributed by atoms with Crippen molar-refractivity contribution in [2.45, 2.75) is 20.3 Å². The topological polar surface area (TPSA) is 55.1 Å². The Morgan fingerprint density at radius 3 is 2.85 bits per heavy atom. The molecule has 1 heterocycles. The summed E-state index contributed by atoms with van der Waals surface area (Å²) in [5, 5.41) is 6.24. The van der Waals surface area contributed by atoms with Crippen molar-refractivity contribution < 1.29 is 13.7 Å². The van der Waals surface area contributed by atoms with Crippen LogP contribution in [0.15, 0.2) is 28.8 Å². The number of amides is 1. The summed E-state index contributed by atoms with van der Waals surface area (Å²) in [6.45, 7) is 4.09. The van der Waals surface area contributed by atoms with Crippen LogP contribution in [-0.4, -0.2) is 11.1 Å². The maximum atomic E-state index is 13.0. The summed E-state index contributed by atoms with van der Waals surface area (Å²) >= 11 is 5.64. The normalized spacial score (nSPS) is 10.8. The highest BCUT2D eigenvalue weighted by Gasteiger charge is 2.14. The fraction of sp³-hybridized carbons (Fsp3) is 0.286. The standard InChI is InChI=1S/C14H14ClFN2O2/c1-8(2)5-10-7-13(18-20-10)14(19)17-9-3-4-12(16)11(15)6-9/h3-4,6-8H,5H2,1-2H3,(H,17,19). The third-order valence-electron chi connectivity index (χ3n) is 2.58. The molecule has 2 rings (SSSR count). The van der Waals surface area contributed by atoms with E-state index in [-0.39, 0.29) is 10.7 Å². The monoisotopic (exact) mass is 296 g/mol. The summed E-state index contributed by atoms with van der Waals surface area (Å²) < 4.78 is 18.1. The van der Waals surface area contributed by atoms with E-state index in [1.54, 1.807) is 6.07 Å². The van der Waals surface area contributed by atoms with Gasteiger partial charge in [0.25, 0.3) is 5.91 Å². The molecule has 1 amide bonds. The first-order valence-electron chi connectivity index (χ1n) is 6.17. The van der Waals surface area contributed by atoms with Crippen molar-refractivity contribution in [3.63, 3.8) is 0 Å². The zero-order chi connectivity index (χ0) is 14.7. The minimum Gasteiger partial charge on any atom is -0.361 e. The average Bonchev–Trinajstić information content (AvgIpc) is 2.81. The highest BCUT2D eigenvalue weighted by molar-refractivity contribution is 6.31. The Kier molecular flexibility index (Phi) is 4.39. The smallest absolute Gasteiger partial charge is 0.277 e. The zero-order valence-corrected chi connectivity index (χ0v) is 11.9. The van der Waals surface area contributed by atoms with Crippen LogP contribution in [0.2, 0.25) is 5.02 Å². The van der Waals surface area contributed by atoms with E-state index in [9.17, 15) is 9.18 Å². The summed E-state index contributed by atoms with van der Waals surface area (Å²) in [7, 11) is 0. The molecule has 0 bridgehead atoms. The van der Waals surface area contributed by atoms with Crippen LogP contribution in [0.4, 0.5) is 10.1 Å². The van der Waals surface area contributed by atoms with Gasteiger partial charge in [-0.3, -0.25) is 4.79 Å². The lowest BCUT2D eigenvalue weighted by atomic mass is 10.1. The molecule has 0 saturated carbocycles. The van der Waals surface area contributed by atoms with Crippen LogP contribution in [0.1, 0.15) is 30.1 Å². The van der Waals surface area contributed by atoms with Crippen molar-refractivity contribution in [3.05, 3.63) is 46.6 Å². The molecule has 6 heteroatoms. The Bertz CT molecular complexity index is 625. The van der Waals surface area contributed by atoms with Gasteiger partial charge >= 0.3 is 0 Å². The third-order valence-corrected chi connectivity index (χ3v) is 2.87. The van der Waals surface area contributed by atoms with Gasteiger partial charge in [0.2, 0.25) is 0 Å². The van der Waals surface area contributed by atoms with E-state index in [1.807, 2.05) is 13.8 Å². The van der Waals surface area contributed by atoms with Gasteiger partial charge in [-0.2, -0.15) is 0 Å². The number of aromatic nitrogens is 1. The maximum absolute atomic E-state index is 13.0. The molecule has 0 aliphatic carbocycles. The largest absolute Gasteiger partial charge is 0.361 e. The van der Waals surface area contributed by atoms with Gasteiger partial charge < -0.3 is 9.84 Å². The second-order valence-electron chi connectivity index (χ2n) is 4.86. The van der Waals surface area contributed by atoms with Gasteiger partial charge in [-0.05, 0) is 24.1 Å². The number of carbonyl (C=O) groups excluding carboxylic acids is 1. The molecular weight excluding hydrogens is 283 g/mol. The number of carbonyl (C=O) groups is 1. The number of anilines is 1. The lowest BCUT2D eigenvalue weighted by Gasteiger charge is -2.03. The van der Waals surface area contributed by atoms with Crippen LogP contribution in [-0.2, 0) is 6.42 Å². The van der Waals surface area contributed by atoms with Crippen LogP contribution in [0.25, 0.3) is 0 Å². The molecular formula is C14H14ClFN2O2. The van der Waals surface area contributed by atoms with E-state index >= 15 is 0 Å². The van der Waals surface area contributed by atoms with Crippen LogP contribution >= 0.6 is 11.6 Å². The van der Waals surface area contributed by atoms with Crippen molar-refractivity contribution in [3.8, 4) is 0 Å². The SMILES string of the molecule is CC(C)Cc1cc(C(=O)Nc2ccc(F)c(Cl)c2)no1. The Labute approximate surface area is 120 Å². The Hall–Kier alpha value is -1.88. The van der Waals surface area contributed by atoms with Crippen LogP contribution in [0, 0.1) is 11.7 Å². The maximum Gasteiger partial charge on any atom is 0.277 e. The van der Waals surface area contributed by atoms with E-state index in [0.29, 0.717) is 23.8 Å². The van der Waals surface area contributed by atoms with Gasteiger partial charge in [-0.1, -0.05) is 30.6 Å². The fourth-order valence-electron chi connectivity index (χ4n) is 1.69. The van der Waals surface area contributed by atoms with Crippen LogP contribution in [0.3, 0.4) is 0 Å². The molecule has 1 aromatic heterocycles. The molecule has 106 valence electrons. The van der Waals surface area contributed by atoms with Crippen molar-refractivity contribution in [2.75, 3.05) is 5.32 Å². The van der Waals surface area contributed by atoms with Gasteiger partial charge in [0.05, 0.1) is 5.02 Å². The summed E-state index contributed by atoms with van der Waals surface area (Å²) in [5.74, 6) is 0.105. The Balaban J connectivity index is 2.07. The molecule has 0 aliphatic rings. The molecule has 0 fully saturated rings. The van der Waals surface area contributed by atoms with E-state index in [4.69, 9.17) is 16.1 Å². The second-order valence-corrected chi connectivity index (χ2v) is 5.27. The number of rotatable bonds is 4. The highest BCUT2D eigenvalue weighted by Crippen LogP contribution is 2.20. The molecule has 0 radical (unpaired) electrons. The third kappa shape index (κ3) is 3.57. The first-order chi connectivity index (χ1) is 9.45. The highest BCUT2D eigenvalue weighted by atomic mass is 35.5. The summed E-state index contributed by atoms with van der Waals surface area (Å²) in [6, 6.07) is 5.55. The van der Waals surface area contributed by atoms with Crippen LogP contribution < -0.4 is 5.32 Å². The van der Waals surface area contributed by atoms with Crippen molar-refractivity contribution >= 4 is 23.2 Å². The van der Waals surface area contributed by atoms with Gasteiger partial charge in [-0.25, -0.2) is 4.39 Å². The minimum absolute atomic E-state index is 0.0524.